The average molecular weight is 783 g/mol. The van der Waals surface area contributed by atoms with Gasteiger partial charge in [0.25, 0.3) is 23.6 Å². The number of nitrogens with zero attached hydrogens (tertiary/aromatic N) is 7. The number of hydrogen-bond acceptors (Lipinski definition) is 7. The fourth-order valence-electron chi connectivity index (χ4n) is 6.91. The molecule has 3 heterocycles. The van der Waals surface area contributed by atoms with Crippen molar-refractivity contribution >= 4 is 41.0 Å². The average Bonchev–Trinajstić information content (AvgIpc) is 3.76. The minimum Gasteiger partial charge on any atom is -1.00 e. The van der Waals surface area contributed by atoms with Crippen molar-refractivity contribution < 1.29 is 40.7 Å². The smallest absolute Gasteiger partial charge is 0.421 e. The predicted molar refractivity (Wildman–Crippen MR) is 199 cm³/mol. The summed E-state index contributed by atoms with van der Waals surface area (Å²) in [6.45, 7) is 8.06. The van der Waals surface area contributed by atoms with Gasteiger partial charge in [0.1, 0.15) is 5.69 Å². The van der Waals surface area contributed by atoms with E-state index in [0.29, 0.717) is 54.1 Å². The van der Waals surface area contributed by atoms with Gasteiger partial charge in [-0.25, -0.2) is 9.13 Å². The number of aromatic nitrogens is 2. The molecule has 0 radical (unpaired) electrons. The van der Waals surface area contributed by atoms with Gasteiger partial charge in [-0.1, -0.05) is 68.9 Å². The van der Waals surface area contributed by atoms with Crippen LogP contribution in [0.5, 0.6) is 0 Å². The van der Waals surface area contributed by atoms with Gasteiger partial charge in [-0.05, 0) is 74.2 Å². The van der Waals surface area contributed by atoms with Crippen molar-refractivity contribution in [3.05, 3.63) is 107 Å². The predicted octanol–water partition coefficient (Wildman–Crippen LogP) is 4.75. The Morgan fingerprint density at radius 2 is 1.08 bits per heavy atom. The zero-order valence-corrected chi connectivity index (χ0v) is 32.2. The van der Waals surface area contributed by atoms with E-state index < -0.39 is 0 Å². The summed E-state index contributed by atoms with van der Waals surface area (Å²) >= 11 is 0. The monoisotopic (exact) mass is 781 g/mol. The summed E-state index contributed by atoms with van der Waals surface area (Å²) in [7, 11) is 0. The standard InChI is InChI=1S/C41H48N7O4.BrH/c1-3-5-11-23-44(24-12-6-4-2)32-21-19-31(20-22-32)42-43-41-45(25-13-27-47-37(49)33-15-7-8-16-34(33)38(47)50)29-30-46(41)26-14-28-48-39(51)35-17-9-10-18-36(35)40(48)52;/h7-10,15-22,29-30H,3-6,11-14,23-28H2,1-2H3;1H/q+1;/p-1. The van der Waals surface area contributed by atoms with Gasteiger partial charge in [-0.2, -0.15) is 0 Å². The Bertz CT molecular complexity index is 1760. The Balaban J connectivity index is 0.00000541. The number of fused-ring (bicyclic) bond motifs is 2. The molecule has 0 unspecified atom stereocenters. The number of aryl methyl sites for hydroxylation is 2. The molecule has 0 atom stereocenters. The first-order valence-electron chi connectivity index (χ1n) is 18.7. The Morgan fingerprint density at radius 3 is 1.57 bits per heavy atom. The van der Waals surface area contributed by atoms with Crippen LogP contribution in [0.1, 0.15) is 107 Å². The minimum absolute atomic E-state index is 0. The highest BCUT2D eigenvalue weighted by molar-refractivity contribution is 6.22. The van der Waals surface area contributed by atoms with Crippen LogP contribution in [0, 0.1) is 0 Å². The van der Waals surface area contributed by atoms with E-state index in [9.17, 15) is 19.2 Å². The summed E-state index contributed by atoms with van der Waals surface area (Å²) in [4.78, 5) is 56.8. The maximum Gasteiger partial charge on any atom is 0.421 e. The maximum atomic E-state index is 12.9. The number of unbranched alkanes of at least 4 members (excludes halogenated alkanes) is 4. The molecule has 0 saturated carbocycles. The van der Waals surface area contributed by atoms with E-state index in [-0.39, 0.29) is 53.7 Å². The Morgan fingerprint density at radius 1 is 0.585 bits per heavy atom. The van der Waals surface area contributed by atoms with Crippen molar-refractivity contribution in [2.45, 2.75) is 78.3 Å². The highest BCUT2D eigenvalue weighted by Gasteiger charge is 2.36. The van der Waals surface area contributed by atoms with Crippen LogP contribution >= 0.6 is 0 Å². The fourth-order valence-corrected chi connectivity index (χ4v) is 6.91. The largest absolute Gasteiger partial charge is 1.00 e. The molecule has 2 aliphatic rings. The van der Waals surface area contributed by atoms with Crippen LogP contribution in [-0.4, -0.2) is 64.2 Å². The quantitative estimate of drug-likeness (QED) is 0.0591. The number of azo groups is 1. The lowest BCUT2D eigenvalue weighted by atomic mass is 10.1. The number of carbonyl (C=O) groups is 4. The van der Waals surface area contributed by atoms with Crippen molar-refractivity contribution in [2.24, 2.45) is 10.2 Å². The molecule has 53 heavy (non-hydrogen) atoms. The van der Waals surface area contributed by atoms with Crippen LogP contribution in [0.2, 0.25) is 0 Å². The summed E-state index contributed by atoms with van der Waals surface area (Å²) < 4.78 is 3.92. The third kappa shape index (κ3) is 8.98. The van der Waals surface area contributed by atoms with Crippen LogP contribution in [0.25, 0.3) is 0 Å². The summed E-state index contributed by atoms with van der Waals surface area (Å²) in [5.74, 6) is -0.486. The number of anilines is 1. The number of benzene rings is 3. The zero-order valence-electron chi connectivity index (χ0n) is 30.6. The molecule has 6 rings (SSSR count). The van der Waals surface area contributed by atoms with E-state index in [0.717, 1.165) is 18.8 Å². The van der Waals surface area contributed by atoms with Gasteiger partial charge in [-0.3, -0.25) is 29.0 Å². The number of imide groups is 2. The van der Waals surface area contributed by atoms with E-state index in [4.69, 9.17) is 5.11 Å². The summed E-state index contributed by atoms with van der Waals surface area (Å²) in [6, 6.07) is 22.0. The van der Waals surface area contributed by atoms with Gasteiger partial charge >= 0.3 is 5.95 Å². The number of imidazole rings is 1. The Hall–Kier alpha value is -4.97. The third-order valence-electron chi connectivity index (χ3n) is 9.79. The second kappa shape index (κ2) is 18.7. The topological polar surface area (TPSA) is 112 Å². The van der Waals surface area contributed by atoms with E-state index in [2.05, 4.69) is 36.0 Å². The first kappa shape index (κ1) is 39.2. The van der Waals surface area contributed by atoms with Crippen molar-refractivity contribution in [3.8, 4) is 0 Å². The van der Waals surface area contributed by atoms with Crippen LogP contribution in [-0.2, 0) is 13.1 Å². The molecule has 2 aliphatic heterocycles. The molecule has 4 amide bonds. The van der Waals surface area contributed by atoms with E-state index in [1.54, 1.807) is 48.5 Å². The van der Waals surface area contributed by atoms with Gasteiger partial charge in [-0.15, -0.1) is 0 Å². The van der Waals surface area contributed by atoms with Crippen LogP contribution < -0.4 is 26.4 Å². The van der Waals surface area contributed by atoms with Crippen molar-refractivity contribution in [2.75, 3.05) is 31.1 Å². The lowest BCUT2D eigenvalue weighted by Crippen LogP contribution is -3.00. The molecule has 0 fully saturated rings. The van der Waals surface area contributed by atoms with Crippen molar-refractivity contribution in [1.82, 2.24) is 14.4 Å². The van der Waals surface area contributed by atoms with Gasteiger partial charge in [0, 0.05) is 37.0 Å². The molecule has 0 saturated heterocycles. The Labute approximate surface area is 322 Å². The van der Waals surface area contributed by atoms with Gasteiger partial charge in [0.05, 0.1) is 47.7 Å². The maximum absolute atomic E-state index is 12.9. The molecule has 1 aromatic heterocycles. The van der Waals surface area contributed by atoms with Crippen LogP contribution in [0.15, 0.2) is 95.4 Å². The SMILES string of the molecule is CCCCCN(CCCCC)c1ccc(/N=N/c2n(CCCN3C(=O)c4ccccc4C3=O)cc[n+]2CCCN2C(=O)c3ccccc3C2=O)cc1.[Br-]. The zero-order chi connectivity index (χ0) is 36.5. The molecular formula is C41H48BrN7O4. The van der Waals surface area contributed by atoms with Gasteiger partial charge < -0.3 is 21.9 Å². The molecule has 0 bridgehead atoms. The first-order chi connectivity index (χ1) is 25.4. The lowest BCUT2D eigenvalue weighted by Gasteiger charge is -2.25. The van der Waals surface area contributed by atoms with Crippen LogP contribution in [0.3, 0.4) is 0 Å². The highest BCUT2D eigenvalue weighted by Crippen LogP contribution is 2.26. The molecule has 12 heteroatoms. The third-order valence-corrected chi connectivity index (χ3v) is 9.79. The Kier molecular flexibility index (Phi) is 13.8. The molecule has 11 nitrogen and oxygen atoms in total. The van der Waals surface area contributed by atoms with Crippen molar-refractivity contribution in [1.29, 1.82) is 0 Å². The second-order valence-electron chi connectivity index (χ2n) is 13.4. The fraction of sp³-hybridized carbons (Fsp3) is 0.390. The van der Waals surface area contributed by atoms with E-state index in [1.165, 1.54) is 54.0 Å². The number of rotatable bonds is 19. The molecule has 0 aliphatic carbocycles. The molecule has 3 aromatic carbocycles. The number of amides is 4. The molecule has 0 spiro atoms. The van der Waals surface area contributed by atoms with E-state index >= 15 is 0 Å². The summed E-state index contributed by atoms with van der Waals surface area (Å²) in [5.41, 5.74) is 3.67. The molecular weight excluding hydrogens is 734 g/mol. The highest BCUT2D eigenvalue weighted by atomic mass is 79.9. The van der Waals surface area contributed by atoms with Gasteiger partial charge in [0.15, 0.2) is 0 Å². The number of hydrogen-bond donors (Lipinski definition) is 0. The molecule has 0 N–H and O–H groups in total. The summed E-state index contributed by atoms with van der Waals surface area (Å²) in [6.07, 6.45) is 12.0. The minimum atomic E-state index is -0.269. The van der Waals surface area contributed by atoms with Crippen molar-refractivity contribution in [3.63, 3.8) is 0 Å². The first-order valence-corrected chi connectivity index (χ1v) is 18.7. The summed E-state index contributed by atoms with van der Waals surface area (Å²) in [5, 5.41) is 9.32. The van der Waals surface area contributed by atoms with Gasteiger partial charge in [0.2, 0.25) is 0 Å². The molecule has 4 aromatic rings. The number of carbonyl (C=O) groups excluding carboxylic acids is 4. The van der Waals surface area contributed by atoms with E-state index in [1.807, 2.05) is 33.7 Å². The lowest BCUT2D eigenvalue weighted by molar-refractivity contribution is -0.684. The second-order valence-corrected chi connectivity index (χ2v) is 13.4. The molecule has 278 valence electrons. The van der Waals surface area contributed by atoms with Crippen LogP contribution in [0.4, 0.5) is 17.3 Å². The number of halogens is 1. The normalized spacial score (nSPS) is 13.6.